The van der Waals surface area contributed by atoms with Crippen molar-refractivity contribution in [3.63, 3.8) is 0 Å². The van der Waals surface area contributed by atoms with E-state index in [2.05, 4.69) is 13.2 Å². The highest BCUT2D eigenvalue weighted by atomic mass is 16.8. The van der Waals surface area contributed by atoms with Gasteiger partial charge in [-0.25, -0.2) is 19.2 Å². The van der Waals surface area contributed by atoms with Crippen LogP contribution in [0.2, 0.25) is 0 Å². The molecule has 2 aliphatic carbocycles. The molecule has 0 aromatic carbocycles. The smallest absolute Gasteiger partial charge is 0.338 e. The summed E-state index contributed by atoms with van der Waals surface area (Å²) in [7, 11) is 2.22. The standard InChI is InChI=1S/C66H90O37/c1-7-25-27(30(18-90-59(25)100-63-51(80)47(76)43(72)36(14-68)96-63)57(86)94-34-11-28-31(55(84)88-5)19-92-61(40(28)22(34)3)102-65-53(82)49(78)45(74)38(16-70)98-65)10-9-24(13-67)42-26(8-2)60(101-64-52(81)48(77)44(73)37(15-69)97-64)91-21-33(42)58(87)95-35-12-29-32(56(85)89-6)20-93-62(41(29)23(35)4)103-66-54(83)50(79)46(75)39(17-71)99-66/h7-9,13,18-23,25-29,34-54,59-66,68-83H,1-2,10-12,14-17H2,3-6H3/b24-9+/t22-,23+,25+,26+,27-,28+,29+,34-,35+,36+,37+,38+,39+,40+,41+,42?,43+,44+,45+,46+,47-,48-,49-,50-,51+,52+,53+,54+,59-,60-,61-,62-,63-,64-,65-,66-/m0/s1. The van der Waals surface area contributed by atoms with Crippen molar-refractivity contribution < 1.29 is 181 Å². The van der Waals surface area contributed by atoms with Crippen molar-refractivity contribution in [1.29, 1.82) is 0 Å². The summed E-state index contributed by atoms with van der Waals surface area (Å²) in [6, 6.07) is 0. The SMILES string of the molecule is C=C[C@H]1[C@H](O[C@@H]2O[C@H](CO)[C@@H](O)[C@H](O)[C@H]2O)OC=C(C(=O)O[C@H]2C[C@@H]3C(C(=O)OC)=CO[C@@H](O[C@@H]4O[C@H](CO)[C@@H](O)[C@H](O)[C@H]4O)[C@@H]3[C@H]2C)[C@H]1C/C=C(\C=O)C1C(C(=O)O[C@@H]2C[C@@H]3C(C(=O)OC)=CO[C@@H](O[C@@H]4O[C@H](CO)[C@@H](O)[C@H](O)[C@H]4O)[C@@H]3[C@@H]2C)=CO[C@@H](O[C@@H]2O[C@H](CO)[C@@H](O)[C@H](O)[C@H]2O)[C@@H]1C=C. The van der Waals surface area contributed by atoms with E-state index in [0.29, 0.717) is 6.29 Å². The highest BCUT2D eigenvalue weighted by molar-refractivity contribution is 5.93. The van der Waals surface area contributed by atoms with E-state index in [0.717, 1.165) is 39.3 Å². The van der Waals surface area contributed by atoms with Crippen LogP contribution in [0.5, 0.6) is 0 Å². The van der Waals surface area contributed by atoms with E-state index >= 15 is 9.59 Å². The summed E-state index contributed by atoms with van der Waals surface area (Å²) >= 11 is 0. The van der Waals surface area contributed by atoms with Gasteiger partial charge >= 0.3 is 23.9 Å². The number of hydrogen-bond donors (Lipinski definition) is 16. The van der Waals surface area contributed by atoms with Crippen molar-refractivity contribution >= 4 is 30.2 Å². The van der Waals surface area contributed by atoms with Crippen LogP contribution in [0.4, 0.5) is 0 Å². The Balaban J connectivity index is 0.986. The molecule has 1 unspecified atom stereocenters. The summed E-state index contributed by atoms with van der Waals surface area (Å²) in [4.78, 5) is 71.3. The second-order valence-electron chi connectivity index (χ2n) is 26.8. The predicted octanol–water partition coefficient (Wildman–Crippen LogP) is -6.72. The molecule has 37 heteroatoms. The van der Waals surface area contributed by atoms with E-state index < -0.39 is 282 Å². The first-order chi connectivity index (χ1) is 49.1. The highest BCUT2D eigenvalue weighted by Crippen LogP contribution is 2.52. The summed E-state index contributed by atoms with van der Waals surface area (Å²) in [5.74, 6) is -15.1. The third kappa shape index (κ3) is 15.6. The fourth-order valence-electron chi connectivity index (χ4n) is 15.2. The number of aliphatic hydroxyl groups excluding tert-OH is 16. The van der Waals surface area contributed by atoms with Crippen molar-refractivity contribution in [1.82, 2.24) is 0 Å². The molecule has 37 nitrogen and oxygen atoms in total. The summed E-state index contributed by atoms with van der Waals surface area (Å²) in [5, 5.41) is 169. The molecule has 0 amide bonds. The van der Waals surface area contributed by atoms with Gasteiger partial charge in [0.2, 0.25) is 25.2 Å². The minimum Gasteiger partial charge on any atom is -0.472 e. The van der Waals surface area contributed by atoms with Crippen LogP contribution in [0.25, 0.3) is 0 Å². The number of fused-ring (bicyclic) bond motifs is 2. The molecule has 0 radical (unpaired) electrons. The van der Waals surface area contributed by atoms with Crippen LogP contribution < -0.4 is 0 Å². The van der Waals surface area contributed by atoms with Crippen molar-refractivity contribution in [3.8, 4) is 0 Å². The molecule has 10 rings (SSSR count). The zero-order chi connectivity index (χ0) is 74.9. The number of aldehydes is 1. The van der Waals surface area contributed by atoms with Crippen LogP contribution >= 0.6 is 0 Å². The average molecular weight is 1480 g/mol. The van der Waals surface area contributed by atoms with Crippen molar-refractivity contribution in [2.24, 2.45) is 59.2 Å². The van der Waals surface area contributed by atoms with E-state index in [4.69, 9.17) is 75.8 Å². The van der Waals surface area contributed by atoms with Crippen LogP contribution in [0.3, 0.4) is 0 Å². The van der Waals surface area contributed by atoms with E-state index in [9.17, 15) is 96.1 Å². The van der Waals surface area contributed by atoms with Crippen molar-refractivity contribution in [3.05, 3.63) is 84.3 Å². The first-order valence-corrected chi connectivity index (χ1v) is 33.4. The van der Waals surface area contributed by atoms with E-state index in [1.165, 1.54) is 18.2 Å². The summed E-state index contributed by atoms with van der Waals surface area (Å²) in [5.41, 5.74) is -1.13. The minimum atomic E-state index is -2.02. The number of aliphatic hydroxyl groups is 16. The molecule has 6 fully saturated rings. The second-order valence-corrected chi connectivity index (χ2v) is 26.8. The molecule has 0 aromatic rings. The molecule has 0 bridgehead atoms. The molecular weight excluding hydrogens is 1380 g/mol. The normalized spacial score (nSPS) is 45.3. The van der Waals surface area contributed by atoms with Gasteiger partial charge < -0.3 is 157 Å². The van der Waals surface area contributed by atoms with Gasteiger partial charge in [0, 0.05) is 53.3 Å². The Kier molecular flexibility index (Phi) is 26.1. The molecular formula is C66H90O37. The second kappa shape index (κ2) is 33.8. The lowest BCUT2D eigenvalue weighted by atomic mass is 9.76. The molecule has 16 N–H and O–H groups in total. The molecule has 4 saturated heterocycles. The van der Waals surface area contributed by atoms with Crippen LogP contribution in [0.1, 0.15) is 33.1 Å². The van der Waals surface area contributed by atoms with E-state index in [1.807, 2.05) is 0 Å². The van der Waals surface area contributed by atoms with Crippen LogP contribution in [-0.4, -0.2) is 313 Å². The molecule has 103 heavy (non-hydrogen) atoms. The van der Waals surface area contributed by atoms with E-state index in [1.54, 1.807) is 13.8 Å². The minimum absolute atomic E-state index is 0.0243. The summed E-state index contributed by atoms with van der Waals surface area (Å²) in [6.07, 6.45) is -37.1. The lowest BCUT2D eigenvalue weighted by Gasteiger charge is -2.43. The zero-order valence-corrected chi connectivity index (χ0v) is 56.0. The molecule has 8 aliphatic heterocycles. The Hall–Kier alpha value is -6.03. The third-order valence-electron chi connectivity index (χ3n) is 21.2. The lowest BCUT2D eigenvalue weighted by molar-refractivity contribution is -0.342. The van der Waals surface area contributed by atoms with Crippen LogP contribution in [0.15, 0.2) is 84.3 Å². The number of hydrogen-bond acceptors (Lipinski definition) is 37. The largest absolute Gasteiger partial charge is 0.472 e. The molecule has 8 heterocycles. The molecule has 0 aromatic heterocycles. The van der Waals surface area contributed by atoms with Gasteiger partial charge in [0.25, 0.3) is 0 Å². The lowest BCUT2D eigenvalue weighted by Crippen LogP contribution is -2.60. The Morgan fingerprint density at radius 3 is 1.10 bits per heavy atom. The fraction of sp³-hybridized carbons (Fsp3) is 0.712. The number of allylic oxidation sites excluding steroid dienone is 2. The van der Waals surface area contributed by atoms with E-state index in [-0.39, 0.29) is 35.1 Å². The van der Waals surface area contributed by atoms with Gasteiger partial charge in [0.15, 0.2) is 25.2 Å². The third-order valence-corrected chi connectivity index (χ3v) is 21.2. The van der Waals surface area contributed by atoms with Gasteiger partial charge in [-0.05, 0) is 24.8 Å². The average Bonchev–Trinajstić information content (AvgIpc) is 1.67. The number of carbonyl (C=O) groups is 5. The fourth-order valence-corrected chi connectivity index (χ4v) is 15.2. The molecule has 10 aliphatic rings. The maximum absolute atomic E-state index is 15.3. The number of ether oxygens (including phenoxy) is 16. The molecule has 576 valence electrons. The maximum atomic E-state index is 15.3. The Labute approximate surface area is 587 Å². The van der Waals surface area contributed by atoms with Crippen LogP contribution in [-0.2, 0) is 99.8 Å². The number of carbonyl (C=O) groups excluding carboxylic acids is 5. The van der Waals surface area contributed by atoms with Gasteiger partial charge in [-0.1, -0.05) is 32.1 Å². The summed E-state index contributed by atoms with van der Waals surface area (Å²) < 4.78 is 93.4. The monoisotopic (exact) mass is 1470 g/mol. The van der Waals surface area contributed by atoms with Gasteiger partial charge in [-0.3, -0.25) is 4.79 Å². The quantitative estimate of drug-likeness (QED) is 0.0140. The van der Waals surface area contributed by atoms with Gasteiger partial charge in [-0.15, -0.1) is 13.2 Å². The number of rotatable bonds is 24. The topological polar surface area (TPSA) is 557 Å². The highest BCUT2D eigenvalue weighted by Gasteiger charge is 2.59. The number of methoxy groups -OCH3 is 2. The molecule has 2 saturated carbocycles. The van der Waals surface area contributed by atoms with Crippen molar-refractivity contribution in [2.75, 3.05) is 40.6 Å². The summed E-state index contributed by atoms with van der Waals surface area (Å²) in [6.45, 7) is 7.78. The molecule has 0 spiro atoms. The van der Waals surface area contributed by atoms with Gasteiger partial charge in [-0.2, -0.15) is 0 Å². The first-order valence-electron chi connectivity index (χ1n) is 33.4. The Morgan fingerprint density at radius 2 is 0.757 bits per heavy atom. The van der Waals surface area contributed by atoms with Crippen molar-refractivity contribution in [2.45, 2.75) is 193 Å². The molecule has 36 atom stereocenters. The Bertz CT molecular complexity index is 3170. The first kappa shape index (κ1) is 79.5. The number of esters is 4. The van der Waals surface area contributed by atoms with Gasteiger partial charge in [0.1, 0.15) is 116 Å². The van der Waals surface area contributed by atoms with Crippen LogP contribution in [0, 0.1) is 59.2 Å². The zero-order valence-electron chi connectivity index (χ0n) is 56.0. The maximum Gasteiger partial charge on any atom is 0.338 e. The van der Waals surface area contributed by atoms with Gasteiger partial charge in [0.05, 0.1) is 93.9 Å². The predicted molar refractivity (Wildman–Crippen MR) is 330 cm³/mol. The Morgan fingerprint density at radius 1 is 0.437 bits per heavy atom.